The normalized spacial score (nSPS) is 36.8. The molecule has 0 saturated heterocycles. The lowest BCUT2D eigenvalue weighted by Crippen LogP contribution is -2.25. The summed E-state index contributed by atoms with van der Waals surface area (Å²) in [5, 5.41) is 9.42. The van der Waals surface area contributed by atoms with Crippen molar-refractivity contribution in [3.05, 3.63) is 0 Å². The summed E-state index contributed by atoms with van der Waals surface area (Å²) in [6.45, 7) is 4.55. The molecule has 1 N–H and O–H groups in total. The molecule has 3 atom stereocenters. The molecule has 0 bridgehead atoms. The Labute approximate surface area is 76.2 Å². The minimum Gasteiger partial charge on any atom is -0.393 e. The molecule has 0 spiro atoms. The van der Waals surface area contributed by atoms with Crippen LogP contribution in [0.5, 0.6) is 0 Å². The van der Waals surface area contributed by atoms with Gasteiger partial charge in [-0.3, -0.25) is 0 Å². The van der Waals surface area contributed by atoms with E-state index in [-0.39, 0.29) is 6.10 Å². The van der Waals surface area contributed by atoms with Crippen LogP contribution < -0.4 is 0 Å². The molecule has 12 heavy (non-hydrogen) atoms. The second-order valence-corrected chi connectivity index (χ2v) is 4.35. The molecule has 1 rings (SSSR count). The molecule has 1 saturated carbocycles. The van der Waals surface area contributed by atoms with Gasteiger partial charge in [-0.25, -0.2) is 0 Å². The van der Waals surface area contributed by atoms with Gasteiger partial charge in [-0.05, 0) is 31.1 Å². The number of aliphatic hydroxyl groups is 1. The third-order valence-corrected chi connectivity index (χ3v) is 3.25. The molecule has 1 nitrogen and oxygen atoms in total. The van der Waals surface area contributed by atoms with Gasteiger partial charge in [0.2, 0.25) is 0 Å². The lowest BCUT2D eigenvalue weighted by molar-refractivity contribution is 0.0717. The molecule has 1 heteroatoms. The van der Waals surface area contributed by atoms with Gasteiger partial charge in [-0.15, -0.1) is 0 Å². The van der Waals surface area contributed by atoms with Crippen LogP contribution in [-0.4, -0.2) is 11.2 Å². The third kappa shape index (κ3) is 2.78. The SMILES string of the molecule is CCCCC1CCC(O)CC1C. The minimum atomic E-state index is -0.00197. The van der Waals surface area contributed by atoms with E-state index in [0.717, 1.165) is 24.7 Å². The summed E-state index contributed by atoms with van der Waals surface area (Å²) in [6.07, 6.45) is 7.38. The molecule has 0 radical (unpaired) electrons. The van der Waals surface area contributed by atoms with Crippen LogP contribution >= 0.6 is 0 Å². The maximum atomic E-state index is 9.42. The lowest BCUT2D eigenvalue weighted by atomic mass is 9.77. The van der Waals surface area contributed by atoms with Gasteiger partial charge in [0.05, 0.1) is 6.10 Å². The average molecular weight is 170 g/mol. The van der Waals surface area contributed by atoms with E-state index >= 15 is 0 Å². The van der Waals surface area contributed by atoms with E-state index in [1.807, 2.05) is 0 Å². The Morgan fingerprint density at radius 3 is 2.67 bits per heavy atom. The fourth-order valence-electron chi connectivity index (χ4n) is 2.33. The Hall–Kier alpha value is -0.0400. The Morgan fingerprint density at radius 2 is 2.08 bits per heavy atom. The topological polar surface area (TPSA) is 20.2 Å². The first-order valence-corrected chi connectivity index (χ1v) is 5.42. The molecule has 0 aromatic heterocycles. The summed E-state index contributed by atoms with van der Waals surface area (Å²) in [6, 6.07) is 0. The highest BCUT2D eigenvalue weighted by atomic mass is 16.3. The van der Waals surface area contributed by atoms with Crippen molar-refractivity contribution in [3.8, 4) is 0 Å². The first-order valence-electron chi connectivity index (χ1n) is 5.42. The van der Waals surface area contributed by atoms with Gasteiger partial charge >= 0.3 is 0 Å². The first-order chi connectivity index (χ1) is 5.74. The Morgan fingerprint density at radius 1 is 1.33 bits per heavy atom. The summed E-state index contributed by atoms with van der Waals surface area (Å²) in [5.74, 6) is 1.65. The monoisotopic (exact) mass is 170 g/mol. The van der Waals surface area contributed by atoms with Crippen molar-refractivity contribution in [2.45, 2.75) is 58.5 Å². The van der Waals surface area contributed by atoms with Crippen LogP contribution in [0.25, 0.3) is 0 Å². The zero-order chi connectivity index (χ0) is 8.97. The Balaban J connectivity index is 2.25. The summed E-state index contributed by atoms with van der Waals surface area (Å²) in [5.41, 5.74) is 0. The van der Waals surface area contributed by atoms with Crippen LogP contribution in [0.15, 0.2) is 0 Å². The molecule has 0 aliphatic heterocycles. The van der Waals surface area contributed by atoms with Crippen molar-refractivity contribution in [2.24, 2.45) is 11.8 Å². The number of hydrogen-bond donors (Lipinski definition) is 1. The van der Waals surface area contributed by atoms with Crippen LogP contribution in [0, 0.1) is 11.8 Å². The van der Waals surface area contributed by atoms with Crippen molar-refractivity contribution >= 4 is 0 Å². The summed E-state index contributed by atoms with van der Waals surface area (Å²) in [7, 11) is 0. The number of rotatable bonds is 3. The van der Waals surface area contributed by atoms with Crippen molar-refractivity contribution in [3.63, 3.8) is 0 Å². The molecule has 0 aromatic carbocycles. The highest BCUT2D eigenvalue weighted by molar-refractivity contribution is 4.76. The van der Waals surface area contributed by atoms with Crippen LogP contribution in [0.1, 0.15) is 52.4 Å². The molecule has 0 aromatic rings. The van der Waals surface area contributed by atoms with Gasteiger partial charge in [0.1, 0.15) is 0 Å². The van der Waals surface area contributed by atoms with Crippen molar-refractivity contribution in [1.29, 1.82) is 0 Å². The average Bonchev–Trinajstić information content (AvgIpc) is 2.03. The van der Waals surface area contributed by atoms with E-state index in [0.29, 0.717) is 0 Å². The van der Waals surface area contributed by atoms with Gasteiger partial charge in [-0.1, -0.05) is 33.1 Å². The van der Waals surface area contributed by atoms with E-state index in [1.54, 1.807) is 0 Å². The van der Waals surface area contributed by atoms with Gasteiger partial charge in [0, 0.05) is 0 Å². The lowest BCUT2D eigenvalue weighted by Gasteiger charge is -2.31. The van der Waals surface area contributed by atoms with E-state index in [2.05, 4.69) is 13.8 Å². The smallest absolute Gasteiger partial charge is 0.0543 e. The maximum absolute atomic E-state index is 9.42. The Kier molecular flexibility index (Phi) is 4.07. The van der Waals surface area contributed by atoms with Gasteiger partial charge in [0.25, 0.3) is 0 Å². The highest BCUT2D eigenvalue weighted by Gasteiger charge is 2.25. The largest absolute Gasteiger partial charge is 0.393 e. The summed E-state index contributed by atoms with van der Waals surface area (Å²) >= 11 is 0. The first kappa shape index (κ1) is 10.0. The van der Waals surface area contributed by atoms with Crippen LogP contribution in [0.4, 0.5) is 0 Å². The zero-order valence-electron chi connectivity index (χ0n) is 8.42. The predicted molar refractivity (Wildman–Crippen MR) is 52.0 cm³/mol. The quantitative estimate of drug-likeness (QED) is 0.690. The molecular weight excluding hydrogens is 148 g/mol. The second-order valence-electron chi connectivity index (χ2n) is 4.35. The molecule has 3 unspecified atom stereocenters. The summed E-state index contributed by atoms with van der Waals surface area (Å²) < 4.78 is 0. The molecular formula is C11H22O. The number of aliphatic hydroxyl groups excluding tert-OH is 1. The summed E-state index contributed by atoms with van der Waals surface area (Å²) in [4.78, 5) is 0. The maximum Gasteiger partial charge on any atom is 0.0543 e. The second kappa shape index (κ2) is 4.86. The predicted octanol–water partition coefficient (Wildman–Crippen LogP) is 2.97. The molecule has 0 heterocycles. The minimum absolute atomic E-state index is 0.00197. The fourth-order valence-corrected chi connectivity index (χ4v) is 2.33. The van der Waals surface area contributed by atoms with E-state index in [9.17, 15) is 5.11 Å². The van der Waals surface area contributed by atoms with Gasteiger partial charge < -0.3 is 5.11 Å². The van der Waals surface area contributed by atoms with Gasteiger partial charge in [0.15, 0.2) is 0 Å². The fraction of sp³-hybridized carbons (Fsp3) is 1.00. The molecule has 0 amide bonds. The van der Waals surface area contributed by atoms with Gasteiger partial charge in [-0.2, -0.15) is 0 Å². The van der Waals surface area contributed by atoms with Crippen LogP contribution in [0.2, 0.25) is 0 Å². The van der Waals surface area contributed by atoms with E-state index in [4.69, 9.17) is 0 Å². The van der Waals surface area contributed by atoms with Crippen molar-refractivity contribution in [2.75, 3.05) is 0 Å². The van der Waals surface area contributed by atoms with E-state index in [1.165, 1.54) is 25.7 Å². The molecule has 1 aliphatic rings. The molecule has 72 valence electrons. The van der Waals surface area contributed by atoms with Crippen LogP contribution in [0.3, 0.4) is 0 Å². The molecule has 1 fully saturated rings. The standard InChI is InChI=1S/C11H22O/c1-3-4-5-10-6-7-11(12)8-9(10)2/h9-12H,3-8H2,1-2H3. The van der Waals surface area contributed by atoms with E-state index < -0.39 is 0 Å². The van der Waals surface area contributed by atoms with Crippen molar-refractivity contribution < 1.29 is 5.11 Å². The number of hydrogen-bond acceptors (Lipinski definition) is 1. The van der Waals surface area contributed by atoms with Crippen LogP contribution in [-0.2, 0) is 0 Å². The van der Waals surface area contributed by atoms with Crippen molar-refractivity contribution in [1.82, 2.24) is 0 Å². The third-order valence-electron chi connectivity index (χ3n) is 3.25. The zero-order valence-corrected chi connectivity index (χ0v) is 8.42. The Bertz CT molecular complexity index is 120. The number of unbranched alkanes of at least 4 members (excludes halogenated alkanes) is 1. The highest BCUT2D eigenvalue weighted by Crippen LogP contribution is 2.33. The molecule has 1 aliphatic carbocycles.